The van der Waals surface area contributed by atoms with Gasteiger partial charge in [-0.3, -0.25) is 4.74 Å². The van der Waals surface area contributed by atoms with E-state index in [1.165, 1.54) is 11.8 Å². The molecule has 8 heteroatoms. The maximum atomic E-state index is 13.8. The Balaban J connectivity index is 1.85. The highest BCUT2D eigenvalue weighted by molar-refractivity contribution is 7.98. The Morgan fingerprint density at radius 2 is 1.30 bits per heavy atom. The van der Waals surface area contributed by atoms with Crippen LogP contribution in [0.25, 0.3) is 16.7 Å². The molecule has 214 valence electrons. The van der Waals surface area contributed by atoms with Crippen LogP contribution in [0.15, 0.2) is 131 Å². The van der Waals surface area contributed by atoms with Crippen LogP contribution in [-0.4, -0.2) is 33.6 Å². The molecular weight excluding hydrogens is 571 g/mol. The molecule has 4 aromatic carbocycles. The van der Waals surface area contributed by atoms with Crippen LogP contribution in [0.3, 0.4) is 0 Å². The molecule has 0 saturated carbocycles. The van der Waals surface area contributed by atoms with Gasteiger partial charge in [0, 0.05) is 15.9 Å². The first-order valence-electron chi connectivity index (χ1n) is 14.1. The molecule has 0 spiro atoms. The number of para-hydroxylation sites is 1. The van der Waals surface area contributed by atoms with Gasteiger partial charge in [0.05, 0.1) is 36.1 Å². The molecule has 0 saturated heterocycles. The Morgan fingerprint density at radius 1 is 0.814 bits per heavy atom. The van der Waals surface area contributed by atoms with E-state index in [4.69, 9.17) is 19.6 Å². The molecule has 0 bridgehead atoms. The van der Waals surface area contributed by atoms with Crippen LogP contribution >= 0.6 is 18.8 Å². The fourth-order valence-corrected chi connectivity index (χ4v) is 9.46. The van der Waals surface area contributed by atoms with E-state index in [-0.39, 0.29) is 6.61 Å². The van der Waals surface area contributed by atoms with Gasteiger partial charge in [-0.25, -0.2) is 14.5 Å². The Kier molecular flexibility index (Phi) is 8.28. The Hall–Kier alpha value is -4.45. The van der Waals surface area contributed by atoms with Crippen molar-refractivity contribution in [2.45, 2.75) is 18.9 Å². The van der Waals surface area contributed by atoms with Gasteiger partial charge < -0.3 is 4.74 Å². The molecule has 0 atom stereocenters. The third-order valence-electron chi connectivity index (χ3n) is 7.25. The Bertz CT molecular complexity index is 1840. The summed E-state index contributed by atoms with van der Waals surface area (Å²) in [7, 11) is -2.73. The Morgan fingerprint density at radius 3 is 1.77 bits per heavy atom. The van der Waals surface area contributed by atoms with Crippen molar-refractivity contribution in [3.63, 3.8) is 0 Å². The van der Waals surface area contributed by atoms with Gasteiger partial charge in [0.25, 0.3) is 0 Å². The second-order valence-corrected chi connectivity index (χ2v) is 13.7. The van der Waals surface area contributed by atoms with Gasteiger partial charge in [0.2, 0.25) is 0 Å². The minimum atomic E-state index is -2.73. The highest BCUT2D eigenvalue weighted by atomic mass is 32.2. The van der Waals surface area contributed by atoms with Crippen LogP contribution in [0, 0.1) is 6.92 Å². The predicted molar refractivity (Wildman–Crippen MR) is 179 cm³/mol. The number of hydrogen-bond acceptors (Lipinski definition) is 6. The SMILES string of the molecule is CCOC(=O)c1c(C)nc2c(c(SC)nn2-c2ccccc2)c1N=P(c1ccccc1)(c1ccccc1)c1ccccc1. The van der Waals surface area contributed by atoms with Crippen molar-refractivity contribution in [2.24, 2.45) is 4.74 Å². The number of rotatable bonds is 8. The lowest BCUT2D eigenvalue weighted by molar-refractivity contribution is 0.0526. The third-order valence-corrected chi connectivity index (χ3v) is 11.6. The molecule has 0 N–H and O–H groups in total. The average molecular weight is 603 g/mol. The van der Waals surface area contributed by atoms with Crippen LogP contribution in [-0.2, 0) is 4.74 Å². The summed E-state index contributed by atoms with van der Waals surface area (Å²) in [5.74, 6) is -0.444. The Labute approximate surface area is 255 Å². The summed E-state index contributed by atoms with van der Waals surface area (Å²) in [4.78, 5) is 18.7. The molecule has 0 radical (unpaired) electrons. The standard InChI is InChI=1S/C35H31N4O2PS/c1-4-41-35(40)30-25(2)36-33-31(34(43-3)37-39(33)26-17-9-5-10-18-26)32(30)38-42(27-19-11-6-12-20-27,28-21-13-7-14-22-28)29-23-15-8-16-24-29/h5-24H,4H2,1-3H3. The number of ether oxygens (including phenoxy) is 1. The van der Waals surface area contributed by atoms with Crippen LogP contribution in [0.4, 0.5) is 5.69 Å². The van der Waals surface area contributed by atoms with Crippen molar-refractivity contribution in [3.05, 3.63) is 133 Å². The van der Waals surface area contributed by atoms with Gasteiger partial charge in [0.1, 0.15) is 10.6 Å². The van der Waals surface area contributed by atoms with Gasteiger partial charge >= 0.3 is 5.97 Å². The fourth-order valence-electron chi connectivity index (χ4n) is 5.35. The number of fused-ring (bicyclic) bond motifs is 1. The number of thioether (sulfide) groups is 1. The fraction of sp³-hybridized carbons (Fsp3) is 0.114. The second kappa shape index (κ2) is 12.4. The van der Waals surface area contributed by atoms with E-state index in [1.807, 2.05) is 110 Å². The van der Waals surface area contributed by atoms with Gasteiger partial charge in [-0.15, -0.1) is 11.8 Å². The van der Waals surface area contributed by atoms with Crippen molar-refractivity contribution >= 4 is 57.4 Å². The lowest BCUT2D eigenvalue weighted by Gasteiger charge is -2.27. The van der Waals surface area contributed by atoms with Crippen molar-refractivity contribution in [2.75, 3.05) is 12.9 Å². The average Bonchev–Trinajstić information content (AvgIpc) is 3.43. The lowest BCUT2D eigenvalue weighted by Crippen LogP contribution is -2.25. The van der Waals surface area contributed by atoms with E-state index in [1.54, 1.807) is 0 Å². The molecular formula is C35H31N4O2PS. The van der Waals surface area contributed by atoms with Crippen molar-refractivity contribution in [1.29, 1.82) is 0 Å². The number of esters is 1. The molecule has 43 heavy (non-hydrogen) atoms. The third kappa shape index (κ3) is 5.20. The van der Waals surface area contributed by atoms with E-state index in [0.29, 0.717) is 22.6 Å². The van der Waals surface area contributed by atoms with Gasteiger partial charge in [0.15, 0.2) is 5.65 Å². The first-order chi connectivity index (χ1) is 21.1. The summed E-state index contributed by atoms with van der Waals surface area (Å²) in [6.07, 6.45) is 1.98. The number of aromatic nitrogens is 3. The second-order valence-electron chi connectivity index (χ2n) is 9.84. The van der Waals surface area contributed by atoms with Crippen LogP contribution in [0.2, 0.25) is 0 Å². The molecule has 6 aromatic rings. The topological polar surface area (TPSA) is 69.4 Å². The minimum Gasteiger partial charge on any atom is -0.462 e. The number of carbonyl (C=O) groups is 1. The minimum absolute atomic E-state index is 0.241. The smallest absolute Gasteiger partial charge is 0.342 e. The van der Waals surface area contributed by atoms with Gasteiger partial charge in [-0.1, -0.05) is 109 Å². The van der Waals surface area contributed by atoms with E-state index in [2.05, 4.69) is 36.4 Å². The zero-order valence-electron chi connectivity index (χ0n) is 24.2. The molecule has 0 amide bonds. The van der Waals surface area contributed by atoms with Crippen LogP contribution in [0.5, 0.6) is 0 Å². The molecule has 6 rings (SSSR count). The summed E-state index contributed by atoms with van der Waals surface area (Å²) < 4.78 is 13.3. The van der Waals surface area contributed by atoms with E-state index in [0.717, 1.165) is 32.0 Å². The zero-order valence-corrected chi connectivity index (χ0v) is 25.9. The van der Waals surface area contributed by atoms with Crippen molar-refractivity contribution in [1.82, 2.24) is 14.8 Å². The molecule has 0 unspecified atom stereocenters. The van der Waals surface area contributed by atoms with Crippen LogP contribution < -0.4 is 15.9 Å². The summed E-state index contributed by atoms with van der Waals surface area (Å²) >= 11 is 1.51. The number of aryl methyl sites for hydroxylation is 1. The van der Waals surface area contributed by atoms with E-state index < -0.39 is 13.0 Å². The largest absolute Gasteiger partial charge is 0.462 e. The lowest BCUT2D eigenvalue weighted by atomic mass is 10.1. The van der Waals surface area contributed by atoms with Crippen molar-refractivity contribution in [3.8, 4) is 5.69 Å². The van der Waals surface area contributed by atoms with Crippen LogP contribution in [0.1, 0.15) is 23.0 Å². The predicted octanol–water partition coefficient (Wildman–Crippen LogP) is 7.44. The first-order valence-corrected chi connectivity index (χ1v) is 17.0. The first kappa shape index (κ1) is 28.7. The van der Waals surface area contributed by atoms with Crippen molar-refractivity contribution < 1.29 is 9.53 Å². The number of pyridine rings is 1. The highest BCUT2D eigenvalue weighted by Crippen LogP contribution is 2.52. The number of carbonyl (C=O) groups excluding carboxylic acids is 1. The van der Waals surface area contributed by atoms with E-state index >= 15 is 0 Å². The quantitative estimate of drug-likeness (QED) is 0.103. The summed E-state index contributed by atoms with van der Waals surface area (Å²) in [6, 6.07) is 41.1. The molecule has 0 aliphatic rings. The molecule has 2 aromatic heterocycles. The molecule has 6 nitrogen and oxygen atoms in total. The highest BCUT2D eigenvalue weighted by Gasteiger charge is 2.32. The number of hydrogen-bond donors (Lipinski definition) is 0. The molecule has 2 heterocycles. The normalized spacial score (nSPS) is 11.4. The number of benzene rings is 4. The monoisotopic (exact) mass is 602 g/mol. The summed E-state index contributed by atoms with van der Waals surface area (Å²) in [5.41, 5.74) is 2.99. The molecule has 0 aliphatic carbocycles. The maximum Gasteiger partial charge on any atom is 0.342 e. The molecule has 0 fully saturated rings. The maximum absolute atomic E-state index is 13.8. The van der Waals surface area contributed by atoms with E-state index in [9.17, 15) is 4.79 Å². The zero-order chi connectivity index (χ0) is 29.8. The number of nitrogens with zero attached hydrogens (tertiary/aromatic N) is 4. The van der Waals surface area contributed by atoms with Gasteiger partial charge in [-0.2, -0.15) is 5.10 Å². The van der Waals surface area contributed by atoms with Gasteiger partial charge in [-0.05, 0) is 32.2 Å². The molecule has 0 aliphatic heterocycles. The summed E-state index contributed by atoms with van der Waals surface area (Å²) in [6.45, 7) is 3.90. The summed E-state index contributed by atoms with van der Waals surface area (Å²) in [5, 5.41) is 9.69.